The number of aromatic nitrogens is 2. The molecule has 6 heteroatoms. The lowest BCUT2D eigenvalue weighted by Gasteiger charge is -2.05. The van der Waals surface area contributed by atoms with E-state index in [1.54, 1.807) is 0 Å². The van der Waals surface area contributed by atoms with E-state index >= 15 is 0 Å². The molecule has 2 aromatic rings. The summed E-state index contributed by atoms with van der Waals surface area (Å²) in [5, 5.41) is 3.35. The largest absolute Gasteiger partial charge is 0.355 e. The van der Waals surface area contributed by atoms with E-state index < -0.39 is 0 Å². The van der Waals surface area contributed by atoms with Crippen LogP contribution in [0.15, 0.2) is 46.3 Å². The van der Waals surface area contributed by atoms with E-state index in [0.717, 1.165) is 12.1 Å². The van der Waals surface area contributed by atoms with Crippen LogP contribution in [0, 0.1) is 0 Å². The third-order valence-electron chi connectivity index (χ3n) is 3.05. The van der Waals surface area contributed by atoms with Gasteiger partial charge in [-0.2, -0.15) is 0 Å². The van der Waals surface area contributed by atoms with Gasteiger partial charge in [0.2, 0.25) is 5.91 Å². The summed E-state index contributed by atoms with van der Waals surface area (Å²) in [6.45, 7) is 2.54. The molecule has 0 spiro atoms. The molecule has 0 saturated heterocycles. The lowest BCUT2D eigenvalue weighted by Crippen LogP contribution is -2.27. The second kappa shape index (κ2) is 8.38. The predicted octanol–water partition coefficient (Wildman–Crippen LogP) is 1.78. The summed E-state index contributed by atoms with van der Waals surface area (Å²) in [4.78, 5) is 30.1. The smallest absolute Gasteiger partial charge is 0.251 e. The van der Waals surface area contributed by atoms with Gasteiger partial charge in [0.25, 0.3) is 5.56 Å². The number of carbonyl (C=O) groups is 1. The minimum atomic E-state index is -0.182. The van der Waals surface area contributed by atoms with Crippen molar-refractivity contribution in [2.24, 2.45) is 0 Å². The molecular weight excluding hydrogens is 298 g/mol. The quantitative estimate of drug-likeness (QED) is 0.603. The Morgan fingerprint density at radius 1 is 1.32 bits per heavy atom. The number of H-pyrrole nitrogens is 1. The molecule has 0 bridgehead atoms. The van der Waals surface area contributed by atoms with Gasteiger partial charge in [-0.3, -0.25) is 9.59 Å². The third kappa shape index (κ3) is 5.37. The van der Waals surface area contributed by atoms with Crippen molar-refractivity contribution in [1.82, 2.24) is 15.3 Å². The first-order chi connectivity index (χ1) is 10.7. The average molecular weight is 317 g/mol. The number of amides is 1. The first-order valence-electron chi connectivity index (χ1n) is 7.21. The molecule has 2 N–H and O–H groups in total. The van der Waals surface area contributed by atoms with Crippen molar-refractivity contribution in [2.45, 2.75) is 24.9 Å². The molecule has 0 saturated carbocycles. The standard InChI is InChI=1S/C16H19N3O2S/c1-2-13-10-14(20)19-16(18-13)22-11-15(21)17-9-8-12-6-4-3-5-7-12/h3-7,10H,2,8-9,11H2,1H3,(H,17,21)(H,18,19,20). The zero-order valence-corrected chi connectivity index (χ0v) is 13.3. The fourth-order valence-electron chi connectivity index (χ4n) is 1.91. The Labute approximate surface area is 133 Å². The molecule has 22 heavy (non-hydrogen) atoms. The normalized spacial score (nSPS) is 10.4. The summed E-state index contributed by atoms with van der Waals surface area (Å²) in [7, 11) is 0. The molecule has 2 rings (SSSR count). The van der Waals surface area contributed by atoms with Crippen molar-refractivity contribution >= 4 is 17.7 Å². The number of rotatable bonds is 7. The van der Waals surface area contributed by atoms with Gasteiger partial charge in [-0.25, -0.2) is 4.98 Å². The molecule has 1 heterocycles. The molecule has 0 aliphatic carbocycles. The van der Waals surface area contributed by atoms with E-state index in [4.69, 9.17) is 0 Å². The Morgan fingerprint density at radius 2 is 2.09 bits per heavy atom. The van der Waals surface area contributed by atoms with Gasteiger partial charge in [-0.05, 0) is 18.4 Å². The monoisotopic (exact) mass is 317 g/mol. The fraction of sp³-hybridized carbons (Fsp3) is 0.312. The maximum atomic E-state index is 11.8. The number of nitrogens with zero attached hydrogens (tertiary/aromatic N) is 1. The van der Waals surface area contributed by atoms with Crippen LogP contribution >= 0.6 is 11.8 Å². The topological polar surface area (TPSA) is 74.8 Å². The number of nitrogens with one attached hydrogen (secondary N) is 2. The van der Waals surface area contributed by atoms with Crippen molar-refractivity contribution in [3.8, 4) is 0 Å². The highest BCUT2D eigenvalue weighted by Gasteiger charge is 2.05. The van der Waals surface area contributed by atoms with E-state index in [1.807, 2.05) is 37.3 Å². The Bertz CT molecular complexity index is 671. The number of aryl methyl sites for hydroxylation is 1. The first kappa shape index (κ1) is 16.3. The molecule has 0 atom stereocenters. The summed E-state index contributed by atoms with van der Waals surface area (Å²) >= 11 is 1.24. The van der Waals surface area contributed by atoms with Crippen molar-refractivity contribution in [1.29, 1.82) is 0 Å². The maximum absolute atomic E-state index is 11.8. The second-order valence-corrected chi connectivity index (χ2v) is 5.73. The number of aromatic amines is 1. The SMILES string of the molecule is CCc1cc(=O)[nH]c(SCC(=O)NCCc2ccccc2)n1. The summed E-state index contributed by atoms with van der Waals surface area (Å²) in [6.07, 6.45) is 1.50. The van der Waals surface area contributed by atoms with Crippen LogP contribution in [-0.4, -0.2) is 28.2 Å². The van der Waals surface area contributed by atoms with Gasteiger partial charge in [0, 0.05) is 18.3 Å². The van der Waals surface area contributed by atoms with Gasteiger partial charge < -0.3 is 10.3 Å². The van der Waals surface area contributed by atoms with Crippen molar-refractivity contribution < 1.29 is 4.79 Å². The highest BCUT2D eigenvalue weighted by atomic mass is 32.2. The fourth-order valence-corrected chi connectivity index (χ4v) is 2.63. The molecule has 0 aliphatic rings. The number of carbonyl (C=O) groups excluding carboxylic acids is 1. The zero-order valence-electron chi connectivity index (χ0n) is 12.5. The van der Waals surface area contributed by atoms with E-state index in [-0.39, 0.29) is 17.2 Å². The molecule has 0 aliphatic heterocycles. The average Bonchev–Trinajstić information content (AvgIpc) is 2.53. The lowest BCUT2D eigenvalue weighted by molar-refractivity contribution is -0.118. The Morgan fingerprint density at radius 3 is 2.82 bits per heavy atom. The highest BCUT2D eigenvalue weighted by Crippen LogP contribution is 2.10. The molecular formula is C16H19N3O2S. The summed E-state index contributed by atoms with van der Waals surface area (Å²) in [6, 6.07) is 11.5. The molecule has 0 fully saturated rings. The van der Waals surface area contributed by atoms with Gasteiger partial charge in [0.15, 0.2) is 5.16 Å². The molecule has 5 nitrogen and oxygen atoms in total. The van der Waals surface area contributed by atoms with Crippen molar-refractivity contribution in [2.75, 3.05) is 12.3 Å². The van der Waals surface area contributed by atoms with Crippen LogP contribution < -0.4 is 10.9 Å². The van der Waals surface area contributed by atoms with Gasteiger partial charge in [0.05, 0.1) is 5.75 Å². The molecule has 1 aromatic carbocycles. The Kier molecular flexibility index (Phi) is 6.21. The lowest BCUT2D eigenvalue weighted by atomic mass is 10.1. The molecule has 1 amide bonds. The number of hydrogen-bond acceptors (Lipinski definition) is 4. The van der Waals surface area contributed by atoms with Crippen LogP contribution in [0.5, 0.6) is 0 Å². The number of hydrogen-bond donors (Lipinski definition) is 2. The Hall–Kier alpha value is -2.08. The predicted molar refractivity (Wildman–Crippen MR) is 88.1 cm³/mol. The third-order valence-corrected chi connectivity index (χ3v) is 3.93. The van der Waals surface area contributed by atoms with Crippen LogP contribution in [0.1, 0.15) is 18.2 Å². The minimum absolute atomic E-state index is 0.0644. The summed E-state index contributed by atoms with van der Waals surface area (Å²) in [5.41, 5.74) is 1.74. The number of thioether (sulfide) groups is 1. The summed E-state index contributed by atoms with van der Waals surface area (Å²) < 4.78 is 0. The van der Waals surface area contributed by atoms with Crippen LogP contribution in [-0.2, 0) is 17.6 Å². The van der Waals surface area contributed by atoms with Gasteiger partial charge >= 0.3 is 0 Å². The van der Waals surface area contributed by atoms with Gasteiger partial charge in [0.1, 0.15) is 0 Å². The van der Waals surface area contributed by atoms with Gasteiger partial charge in [-0.1, -0.05) is 49.0 Å². The highest BCUT2D eigenvalue weighted by molar-refractivity contribution is 7.99. The van der Waals surface area contributed by atoms with Crippen molar-refractivity contribution in [3.63, 3.8) is 0 Å². The van der Waals surface area contributed by atoms with E-state index in [0.29, 0.717) is 18.1 Å². The van der Waals surface area contributed by atoms with E-state index in [1.165, 1.54) is 23.4 Å². The minimum Gasteiger partial charge on any atom is -0.355 e. The van der Waals surface area contributed by atoms with Crippen LogP contribution in [0.4, 0.5) is 0 Å². The van der Waals surface area contributed by atoms with Crippen molar-refractivity contribution in [3.05, 3.63) is 58.0 Å². The van der Waals surface area contributed by atoms with Crippen LogP contribution in [0.25, 0.3) is 0 Å². The van der Waals surface area contributed by atoms with Crippen LogP contribution in [0.3, 0.4) is 0 Å². The van der Waals surface area contributed by atoms with Crippen LogP contribution in [0.2, 0.25) is 0 Å². The molecule has 116 valence electrons. The first-order valence-corrected chi connectivity index (χ1v) is 8.19. The number of benzene rings is 1. The Balaban J connectivity index is 1.76. The van der Waals surface area contributed by atoms with E-state index in [2.05, 4.69) is 15.3 Å². The molecule has 1 aromatic heterocycles. The maximum Gasteiger partial charge on any atom is 0.251 e. The van der Waals surface area contributed by atoms with Gasteiger partial charge in [-0.15, -0.1) is 0 Å². The van der Waals surface area contributed by atoms with E-state index in [9.17, 15) is 9.59 Å². The summed E-state index contributed by atoms with van der Waals surface area (Å²) in [5.74, 6) is 0.177. The second-order valence-electron chi connectivity index (χ2n) is 4.77. The molecule has 0 radical (unpaired) electrons. The molecule has 0 unspecified atom stereocenters. The zero-order chi connectivity index (χ0) is 15.8.